The van der Waals surface area contributed by atoms with Crippen LogP contribution in [-0.4, -0.2) is 5.43 Å². The third-order valence-corrected chi connectivity index (χ3v) is 8.65. The first-order valence-corrected chi connectivity index (χ1v) is 22.4. The van der Waals surface area contributed by atoms with Crippen LogP contribution in [0.2, 0.25) is 13.1 Å². The second-order valence-corrected chi connectivity index (χ2v) is 23.5. The average Bonchev–Trinajstić information content (AvgIpc) is 3.59. The van der Waals surface area contributed by atoms with Gasteiger partial charge in [0.05, 0.1) is 0 Å². The van der Waals surface area contributed by atoms with Gasteiger partial charge in [-0.05, 0) is 53.0 Å². The Balaban J connectivity index is 0.000000285. The third-order valence-electron chi connectivity index (χ3n) is 8.65. The quantitative estimate of drug-likeness (QED) is 0.136. The van der Waals surface area contributed by atoms with Crippen LogP contribution in [0.3, 0.4) is 0 Å². The number of aryl methyl sites for hydroxylation is 3. The van der Waals surface area contributed by atoms with Crippen molar-refractivity contribution in [3.63, 3.8) is 0 Å². The molecule has 0 N–H and O–H groups in total. The molecule has 0 radical (unpaired) electrons. The minimum Gasteiger partial charge on any atom is -1.00 e. The van der Waals surface area contributed by atoms with Crippen molar-refractivity contribution in [1.82, 2.24) is 0 Å². The molecule has 47 heavy (non-hydrogen) atoms. The fourth-order valence-electron chi connectivity index (χ4n) is 5.86. The normalized spacial score (nSPS) is 10.9. The largest absolute Gasteiger partial charge is 1.00 e. The van der Waals surface area contributed by atoms with E-state index in [-0.39, 0.29) is 35.7 Å². The summed E-state index contributed by atoms with van der Waals surface area (Å²) in [7, 11) is 0. The number of hydrogen-bond donors (Lipinski definition) is 0. The average molecular weight is 757 g/mol. The van der Waals surface area contributed by atoms with Crippen molar-refractivity contribution >= 4 is 27.0 Å². The van der Waals surface area contributed by atoms with Crippen LogP contribution in [0.4, 0.5) is 0 Å². The van der Waals surface area contributed by atoms with Crippen molar-refractivity contribution in [2.45, 2.75) is 86.7 Å². The first-order chi connectivity index (χ1) is 21.2. The summed E-state index contributed by atoms with van der Waals surface area (Å²) in [6.45, 7) is 24.7. The maximum Gasteiger partial charge on any atom is -0.0247 e. The van der Waals surface area contributed by atoms with E-state index in [0.717, 1.165) is 0 Å². The molecule has 0 bridgehead atoms. The van der Waals surface area contributed by atoms with E-state index in [4.69, 9.17) is 0 Å². The molecule has 0 nitrogen and oxygen atoms in total. The monoisotopic (exact) mass is 754 g/mol. The third kappa shape index (κ3) is 10.1. The summed E-state index contributed by atoms with van der Waals surface area (Å²) in [5, 5.41) is 5.48. The van der Waals surface area contributed by atoms with Crippen LogP contribution in [-0.2, 0) is 28.8 Å². The zero-order valence-corrected chi connectivity index (χ0v) is 35.0. The topological polar surface area (TPSA) is 0 Å². The Bertz CT molecular complexity index is 1930. The molecule has 6 rings (SSSR count). The van der Waals surface area contributed by atoms with Gasteiger partial charge in [-0.25, -0.2) is 0 Å². The molecule has 0 aliphatic heterocycles. The van der Waals surface area contributed by atoms with Crippen molar-refractivity contribution in [2.24, 2.45) is 0 Å². The maximum atomic E-state index is 2.35. The predicted octanol–water partition coefficient (Wildman–Crippen LogP) is 6.90. The molecule has 6 aromatic carbocycles. The van der Waals surface area contributed by atoms with Crippen molar-refractivity contribution in [3.05, 3.63) is 130 Å². The molecule has 0 amide bonds. The molecule has 0 spiro atoms. The van der Waals surface area contributed by atoms with Crippen molar-refractivity contribution in [3.8, 4) is 22.3 Å². The van der Waals surface area contributed by atoms with E-state index in [2.05, 4.69) is 172 Å². The zero-order chi connectivity index (χ0) is 33.1. The summed E-state index contributed by atoms with van der Waals surface area (Å²) >= 11 is 1.74. The molecule has 246 valence electrons. The number of rotatable bonds is 3. The van der Waals surface area contributed by atoms with Gasteiger partial charge in [-0.1, -0.05) is 114 Å². The first-order valence-electron chi connectivity index (χ1n) is 16.2. The van der Waals surface area contributed by atoms with Gasteiger partial charge in [-0.3, -0.25) is 0 Å². The molecule has 0 aromatic heterocycles. The summed E-state index contributed by atoms with van der Waals surface area (Å²) < 4.78 is 0. The van der Waals surface area contributed by atoms with E-state index in [1.165, 1.54) is 77.2 Å². The first kappa shape index (κ1) is 41.0. The summed E-state index contributed by atoms with van der Waals surface area (Å²) in [4.78, 5) is 0. The molecule has 0 saturated heterocycles. The van der Waals surface area contributed by atoms with Gasteiger partial charge < -0.3 is 24.8 Å². The van der Waals surface area contributed by atoms with E-state index in [1.807, 2.05) is 0 Å². The van der Waals surface area contributed by atoms with Gasteiger partial charge in [0.2, 0.25) is 0 Å². The molecule has 6 aromatic rings. The van der Waals surface area contributed by atoms with Crippen molar-refractivity contribution in [1.29, 1.82) is 0 Å². The zero-order valence-electron chi connectivity index (χ0n) is 30.1. The molecule has 0 aliphatic rings. The molecule has 0 unspecified atom stereocenters. The van der Waals surface area contributed by atoms with Gasteiger partial charge in [0, 0.05) is 0 Å². The SMILES string of the molecule is CC(C)c1cc2c(-c3ccc(C(C)(C)C)cc3)cccc2[cH-]1.C[Si](C)=[Zr+2].Cc1cc2c(-c3cccc(C)c3C)ccc(C)c2[cH-]1.[Cl-].[Cl-]. The Kier molecular flexibility index (Phi) is 15.2. The van der Waals surface area contributed by atoms with E-state index < -0.39 is 0 Å². The molecular weight excluding hydrogens is 707 g/mol. The van der Waals surface area contributed by atoms with Gasteiger partial charge in [-0.15, -0.1) is 68.6 Å². The van der Waals surface area contributed by atoms with Crippen LogP contribution in [0.15, 0.2) is 97.1 Å². The van der Waals surface area contributed by atoms with Crippen LogP contribution < -0.4 is 24.8 Å². The molecule has 0 fully saturated rings. The Morgan fingerprint density at radius 2 is 1.26 bits per heavy atom. The van der Waals surface area contributed by atoms with Gasteiger partial charge in [0.25, 0.3) is 0 Å². The molecular formula is C43H50Cl2SiZr-2. The van der Waals surface area contributed by atoms with Crippen LogP contribution >= 0.6 is 0 Å². The van der Waals surface area contributed by atoms with Crippen molar-refractivity contribution in [2.75, 3.05) is 0 Å². The summed E-state index contributed by atoms with van der Waals surface area (Å²) in [5.74, 6) is 0.573. The number of benzene rings is 4. The van der Waals surface area contributed by atoms with Gasteiger partial charge >= 0.3 is 41.9 Å². The molecule has 0 atom stereocenters. The van der Waals surface area contributed by atoms with Gasteiger partial charge in [0.15, 0.2) is 0 Å². The standard InChI is InChI=1S/C22H25.C19H19.C2H6Si.2ClH.Zr/c1-15(2)18-13-17-7-6-8-20(21(17)14-18)16-9-11-19(12-10-16)22(3,4)5;1-12-10-18-14(3)8-9-17(19(18)11-12)16-7-5-6-13(2)15(16)4;1-3-2;;;/h6-15H,1-5H3;5-11H,1-4H3;1-2H3;2*1H;/q2*-1;;;;+2/p-2. The van der Waals surface area contributed by atoms with Crippen LogP contribution in [0.1, 0.15) is 73.9 Å². The fourth-order valence-corrected chi connectivity index (χ4v) is 5.86. The molecule has 0 saturated carbocycles. The maximum absolute atomic E-state index is 2.35. The van der Waals surface area contributed by atoms with Crippen LogP contribution in [0, 0.1) is 27.7 Å². The second kappa shape index (κ2) is 17.4. The van der Waals surface area contributed by atoms with Gasteiger partial charge in [-0.2, -0.15) is 12.1 Å². The number of halogens is 2. The molecule has 0 aliphatic carbocycles. The van der Waals surface area contributed by atoms with Crippen LogP contribution in [0.5, 0.6) is 0 Å². The van der Waals surface area contributed by atoms with E-state index in [9.17, 15) is 0 Å². The smallest absolute Gasteiger partial charge is 0.0247 e. The summed E-state index contributed by atoms with van der Waals surface area (Å²) in [6.07, 6.45) is 0. The Morgan fingerprint density at radius 3 is 1.85 bits per heavy atom. The van der Waals surface area contributed by atoms with E-state index >= 15 is 0 Å². The summed E-state index contributed by atoms with van der Waals surface area (Å²) in [5.41, 5.74) is 14.0. The molecule has 4 heteroatoms. The molecule has 0 heterocycles. The fraction of sp³-hybridized carbons (Fsp3) is 0.302. The summed E-state index contributed by atoms with van der Waals surface area (Å²) in [6, 6.07) is 36.0. The van der Waals surface area contributed by atoms with Gasteiger partial charge in [0.1, 0.15) is 0 Å². The predicted molar refractivity (Wildman–Crippen MR) is 199 cm³/mol. The Hall–Kier alpha value is -2.22. The Morgan fingerprint density at radius 1 is 0.660 bits per heavy atom. The second-order valence-electron chi connectivity index (χ2n) is 14.1. The van der Waals surface area contributed by atoms with E-state index in [1.54, 1.807) is 23.3 Å². The Labute approximate surface area is 312 Å². The number of fused-ring (bicyclic) bond motifs is 2. The van der Waals surface area contributed by atoms with E-state index in [0.29, 0.717) is 5.92 Å². The van der Waals surface area contributed by atoms with Crippen LogP contribution in [0.25, 0.3) is 43.8 Å². The van der Waals surface area contributed by atoms with Crippen molar-refractivity contribution < 1.29 is 48.1 Å². The minimum atomic E-state index is 0. The number of hydrogen-bond acceptors (Lipinski definition) is 0. The minimum absolute atomic E-state index is 0.